The Morgan fingerprint density at radius 1 is 0.944 bits per heavy atom. The lowest BCUT2D eigenvalue weighted by Crippen LogP contribution is -2.17. The number of thioether (sulfide) groups is 6. The summed E-state index contributed by atoms with van der Waals surface area (Å²) in [6, 6.07) is 0. The van der Waals surface area contributed by atoms with E-state index < -0.39 is 0 Å². The molecule has 0 bridgehead atoms. The molecule has 2 nitrogen and oxygen atoms in total. The third kappa shape index (κ3) is 8.58. The number of rotatable bonds is 6. The first-order chi connectivity index (χ1) is 8.58. The van der Waals surface area contributed by atoms with E-state index in [9.17, 15) is 9.59 Å². The first kappa shape index (κ1) is 17.5. The number of hydrogen-bond acceptors (Lipinski definition) is 8. The van der Waals surface area contributed by atoms with E-state index in [2.05, 4.69) is 0 Å². The maximum absolute atomic E-state index is 10.8. The number of hydrogen-bond donors (Lipinski definition) is 0. The lowest BCUT2D eigenvalue weighted by molar-refractivity contribution is -0.109. The zero-order valence-corrected chi connectivity index (χ0v) is 15.1. The molecule has 0 unspecified atom stereocenters. The van der Waals surface area contributed by atoms with E-state index in [1.54, 1.807) is 13.8 Å². The quantitative estimate of drug-likeness (QED) is 0.656. The van der Waals surface area contributed by atoms with E-state index in [1.165, 1.54) is 23.5 Å². The second-order valence-corrected chi connectivity index (χ2v) is 11.9. The Bertz CT molecular complexity index is 250. The normalized spacial score (nSPS) is 23.9. The second-order valence-electron chi connectivity index (χ2n) is 3.37. The van der Waals surface area contributed by atoms with Gasteiger partial charge >= 0.3 is 0 Å². The van der Waals surface area contributed by atoms with Crippen LogP contribution in [0.1, 0.15) is 13.8 Å². The molecule has 0 aliphatic carbocycles. The van der Waals surface area contributed by atoms with Crippen molar-refractivity contribution in [3.63, 3.8) is 0 Å². The van der Waals surface area contributed by atoms with Crippen molar-refractivity contribution in [2.75, 3.05) is 21.7 Å². The minimum Gasteiger partial charge on any atom is -0.288 e. The van der Waals surface area contributed by atoms with Gasteiger partial charge in [0.25, 0.3) is 0 Å². The molecule has 1 rings (SSSR count). The maximum Gasteiger partial charge on any atom is 0.186 e. The van der Waals surface area contributed by atoms with Crippen LogP contribution in [-0.2, 0) is 9.59 Å². The van der Waals surface area contributed by atoms with Gasteiger partial charge < -0.3 is 0 Å². The molecule has 0 aromatic heterocycles. The molecule has 0 aromatic rings. The molecule has 1 fully saturated rings. The molecule has 2 atom stereocenters. The predicted octanol–water partition coefficient (Wildman–Crippen LogP) is 4.06. The van der Waals surface area contributed by atoms with Crippen molar-refractivity contribution in [2.45, 2.75) is 23.0 Å². The topological polar surface area (TPSA) is 34.1 Å². The van der Waals surface area contributed by atoms with Gasteiger partial charge in [-0.15, -0.1) is 47.0 Å². The smallest absolute Gasteiger partial charge is 0.186 e. The summed E-state index contributed by atoms with van der Waals surface area (Å²) in [5, 5.41) is 2.13. The molecule has 8 heteroatoms. The SMILES string of the molecule is CC(=O)SCS[C@H]1CS[C@@H](SCSC(C)=O)CS1. The van der Waals surface area contributed by atoms with E-state index in [0.717, 1.165) is 21.7 Å². The van der Waals surface area contributed by atoms with Crippen molar-refractivity contribution in [2.24, 2.45) is 0 Å². The first-order valence-electron chi connectivity index (χ1n) is 5.31. The Hall–Kier alpha value is 1.44. The van der Waals surface area contributed by atoms with Crippen LogP contribution in [0.4, 0.5) is 0 Å². The lowest BCUT2D eigenvalue weighted by Gasteiger charge is -2.26. The monoisotopic (exact) mass is 360 g/mol. The Morgan fingerprint density at radius 2 is 1.33 bits per heavy atom. The van der Waals surface area contributed by atoms with Crippen LogP contribution in [0, 0.1) is 0 Å². The van der Waals surface area contributed by atoms with Gasteiger partial charge in [-0.25, -0.2) is 0 Å². The van der Waals surface area contributed by atoms with Gasteiger partial charge in [0.1, 0.15) is 0 Å². The third-order valence-corrected chi connectivity index (χ3v) is 10.4. The molecule has 0 radical (unpaired) electrons. The van der Waals surface area contributed by atoms with Crippen LogP contribution >= 0.6 is 70.6 Å². The van der Waals surface area contributed by atoms with Crippen LogP contribution in [0.15, 0.2) is 0 Å². The van der Waals surface area contributed by atoms with E-state index in [1.807, 2.05) is 47.0 Å². The average molecular weight is 361 g/mol. The molecular weight excluding hydrogens is 345 g/mol. The summed E-state index contributed by atoms with van der Waals surface area (Å²) in [4.78, 5) is 21.6. The van der Waals surface area contributed by atoms with Gasteiger partial charge in [0.2, 0.25) is 0 Å². The van der Waals surface area contributed by atoms with Crippen molar-refractivity contribution >= 4 is 80.8 Å². The predicted molar refractivity (Wildman–Crippen MR) is 94.0 cm³/mol. The molecule has 1 heterocycles. The fourth-order valence-electron chi connectivity index (χ4n) is 1.05. The minimum atomic E-state index is 0.200. The molecule has 18 heavy (non-hydrogen) atoms. The van der Waals surface area contributed by atoms with Crippen LogP contribution in [0.2, 0.25) is 0 Å². The molecule has 0 N–H and O–H groups in total. The van der Waals surface area contributed by atoms with Crippen LogP contribution in [0.5, 0.6) is 0 Å². The molecule has 0 spiro atoms. The first-order valence-corrected chi connectivity index (χ1v) is 11.5. The maximum atomic E-state index is 10.8. The van der Waals surface area contributed by atoms with Gasteiger partial charge in [-0.3, -0.25) is 9.59 Å². The van der Waals surface area contributed by atoms with Crippen LogP contribution in [0.3, 0.4) is 0 Å². The van der Waals surface area contributed by atoms with E-state index in [4.69, 9.17) is 0 Å². The Kier molecular flexibility index (Phi) is 9.92. The van der Waals surface area contributed by atoms with Crippen LogP contribution in [0.25, 0.3) is 0 Å². The summed E-state index contributed by atoms with van der Waals surface area (Å²) >= 11 is 10.5. The van der Waals surface area contributed by atoms with E-state index in [0.29, 0.717) is 9.16 Å². The average Bonchev–Trinajstić information content (AvgIpc) is 2.30. The number of carbonyl (C=O) groups excluding carboxylic acids is 2. The molecule has 104 valence electrons. The van der Waals surface area contributed by atoms with Crippen molar-refractivity contribution in [3.8, 4) is 0 Å². The Morgan fingerprint density at radius 3 is 1.61 bits per heavy atom. The number of carbonyl (C=O) groups is 2. The van der Waals surface area contributed by atoms with Crippen LogP contribution < -0.4 is 0 Å². The Labute approximate surface area is 134 Å². The third-order valence-electron chi connectivity index (χ3n) is 1.87. The molecule has 0 amide bonds. The van der Waals surface area contributed by atoms with Gasteiger partial charge in [0.05, 0.1) is 9.16 Å². The minimum absolute atomic E-state index is 0.200. The Balaban J connectivity index is 2.05. The molecule has 0 aromatic carbocycles. The molecule has 1 aliphatic rings. The summed E-state index contributed by atoms with van der Waals surface area (Å²) in [5.41, 5.74) is 0. The standard InChI is InChI=1S/C10H16O2S6/c1-7(11)15-5-17-9-3-14-10(4-13-9)18-6-16-8(2)12/h9-10H,3-6H2,1-2H3/t9-,10-/m0/s1. The van der Waals surface area contributed by atoms with Gasteiger partial charge in [-0.05, 0) is 0 Å². The van der Waals surface area contributed by atoms with Crippen molar-refractivity contribution < 1.29 is 9.59 Å². The highest BCUT2D eigenvalue weighted by molar-refractivity contribution is 8.31. The van der Waals surface area contributed by atoms with Gasteiger partial charge in [-0.2, -0.15) is 0 Å². The largest absolute Gasteiger partial charge is 0.288 e. The summed E-state index contributed by atoms with van der Waals surface area (Å²) in [6.07, 6.45) is 0. The fourth-order valence-corrected chi connectivity index (χ4v) is 9.60. The van der Waals surface area contributed by atoms with E-state index >= 15 is 0 Å². The zero-order chi connectivity index (χ0) is 13.4. The zero-order valence-electron chi connectivity index (χ0n) is 10.2. The molecule has 0 saturated carbocycles. The summed E-state index contributed by atoms with van der Waals surface area (Å²) < 4.78 is 1.22. The summed E-state index contributed by atoms with van der Waals surface area (Å²) in [7, 11) is 0. The molecular formula is C10H16O2S6. The second kappa shape index (κ2) is 10.2. The highest BCUT2D eigenvalue weighted by Crippen LogP contribution is 2.41. The van der Waals surface area contributed by atoms with E-state index in [-0.39, 0.29) is 10.2 Å². The highest BCUT2D eigenvalue weighted by Gasteiger charge is 2.22. The highest BCUT2D eigenvalue weighted by atomic mass is 32.2. The summed E-state index contributed by atoms with van der Waals surface area (Å²) in [5.74, 6) is 2.27. The van der Waals surface area contributed by atoms with Gasteiger partial charge in [0.15, 0.2) is 10.2 Å². The summed E-state index contributed by atoms with van der Waals surface area (Å²) in [6.45, 7) is 3.24. The lowest BCUT2D eigenvalue weighted by atomic mass is 10.9. The molecule has 1 saturated heterocycles. The van der Waals surface area contributed by atoms with Crippen molar-refractivity contribution in [3.05, 3.63) is 0 Å². The van der Waals surface area contributed by atoms with Gasteiger partial charge in [0, 0.05) is 35.5 Å². The van der Waals surface area contributed by atoms with Crippen molar-refractivity contribution in [1.29, 1.82) is 0 Å². The van der Waals surface area contributed by atoms with Crippen LogP contribution in [-0.4, -0.2) is 41.1 Å². The van der Waals surface area contributed by atoms with Gasteiger partial charge in [-0.1, -0.05) is 23.5 Å². The van der Waals surface area contributed by atoms with Crippen molar-refractivity contribution in [1.82, 2.24) is 0 Å². The molecule has 1 aliphatic heterocycles. The fraction of sp³-hybridized carbons (Fsp3) is 0.800.